The number of benzene rings is 2. The molecule has 1 aromatic heterocycles. The Balaban J connectivity index is 1.84. The Morgan fingerprint density at radius 2 is 1.86 bits per heavy atom. The van der Waals surface area contributed by atoms with Gasteiger partial charge < -0.3 is 5.32 Å². The molecule has 3 rings (SSSR count). The molecule has 0 unspecified atom stereocenters. The topological polar surface area (TPSA) is 75.3 Å². The molecule has 0 saturated carbocycles. The lowest BCUT2D eigenvalue weighted by molar-refractivity contribution is -0.117. The van der Waals surface area contributed by atoms with Gasteiger partial charge in [-0.15, -0.1) is 11.3 Å². The SMILES string of the molecule is Cc1ccc(NC(=O)[C@@H](Cc2ccccc2)NS(=O)(=O)c2cccs2)cc1F. The lowest BCUT2D eigenvalue weighted by Crippen LogP contribution is -2.45. The lowest BCUT2D eigenvalue weighted by atomic mass is 10.1. The molecule has 146 valence electrons. The Morgan fingerprint density at radius 1 is 1.11 bits per heavy atom. The summed E-state index contributed by atoms with van der Waals surface area (Å²) in [5.74, 6) is -1.01. The number of rotatable bonds is 7. The van der Waals surface area contributed by atoms with Gasteiger partial charge in [-0.1, -0.05) is 42.5 Å². The van der Waals surface area contributed by atoms with Gasteiger partial charge in [-0.3, -0.25) is 4.79 Å². The van der Waals surface area contributed by atoms with Crippen molar-refractivity contribution < 1.29 is 17.6 Å². The number of amides is 1. The van der Waals surface area contributed by atoms with Crippen LogP contribution in [-0.2, 0) is 21.2 Å². The third-order valence-electron chi connectivity index (χ3n) is 4.10. The summed E-state index contributed by atoms with van der Waals surface area (Å²) in [4.78, 5) is 12.8. The fourth-order valence-electron chi connectivity index (χ4n) is 2.60. The van der Waals surface area contributed by atoms with Crippen molar-refractivity contribution in [3.63, 3.8) is 0 Å². The molecule has 0 bridgehead atoms. The van der Waals surface area contributed by atoms with Gasteiger partial charge in [-0.2, -0.15) is 4.72 Å². The fourth-order valence-corrected chi connectivity index (χ4v) is 4.80. The maximum absolute atomic E-state index is 13.8. The average Bonchev–Trinajstić information content (AvgIpc) is 3.21. The number of hydrogen-bond donors (Lipinski definition) is 2. The Labute approximate surface area is 167 Å². The van der Waals surface area contributed by atoms with E-state index in [1.165, 1.54) is 12.1 Å². The third kappa shape index (κ3) is 5.03. The van der Waals surface area contributed by atoms with Crippen LogP contribution < -0.4 is 10.0 Å². The van der Waals surface area contributed by atoms with Crippen LogP contribution >= 0.6 is 11.3 Å². The molecular formula is C20H19FN2O3S2. The van der Waals surface area contributed by atoms with Crippen LogP contribution in [0.25, 0.3) is 0 Å². The summed E-state index contributed by atoms with van der Waals surface area (Å²) in [6, 6.07) is 15.5. The minimum atomic E-state index is -3.85. The van der Waals surface area contributed by atoms with E-state index in [1.54, 1.807) is 30.5 Å². The van der Waals surface area contributed by atoms with Crippen molar-refractivity contribution in [2.75, 3.05) is 5.32 Å². The van der Waals surface area contributed by atoms with Gasteiger partial charge in [0.25, 0.3) is 10.0 Å². The zero-order valence-corrected chi connectivity index (χ0v) is 16.7. The highest BCUT2D eigenvalue weighted by Crippen LogP contribution is 2.18. The van der Waals surface area contributed by atoms with Crippen molar-refractivity contribution in [3.05, 3.63) is 83.0 Å². The van der Waals surface area contributed by atoms with Crippen molar-refractivity contribution >= 4 is 33.0 Å². The van der Waals surface area contributed by atoms with Crippen LogP contribution in [0.3, 0.4) is 0 Å². The first-order valence-corrected chi connectivity index (χ1v) is 10.9. The second-order valence-electron chi connectivity index (χ2n) is 6.25. The average molecular weight is 419 g/mol. The molecule has 5 nitrogen and oxygen atoms in total. The molecule has 8 heteroatoms. The van der Waals surface area contributed by atoms with Crippen LogP contribution in [0, 0.1) is 12.7 Å². The first-order chi connectivity index (χ1) is 13.3. The van der Waals surface area contributed by atoms with Crippen LogP contribution in [0.5, 0.6) is 0 Å². The molecule has 0 aliphatic rings. The molecule has 2 N–H and O–H groups in total. The van der Waals surface area contributed by atoms with Gasteiger partial charge >= 0.3 is 0 Å². The molecule has 2 aromatic carbocycles. The quantitative estimate of drug-likeness (QED) is 0.614. The summed E-state index contributed by atoms with van der Waals surface area (Å²) in [5.41, 5.74) is 1.52. The van der Waals surface area contributed by atoms with Gasteiger partial charge in [0.15, 0.2) is 0 Å². The van der Waals surface area contributed by atoms with E-state index in [-0.39, 0.29) is 16.3 Å². The second-order valence-corrected chi connectivity index (χ2v) is 9.14. The van der Waals surface area contributed by atoms with E-state index in [0.717, 1.165) is 16.9 Å². The number of aryl methyl sites for hydroxylation is 1. The fraction of sp³-hybridized carbons (Fsp3) is 0.150. The predicted octanol–water partition coefficient (Wildman–Crippen LogP) is 3.72. The maximum atomic E-state index is 13.8. The first kappa shape index (κ1) is 20.2. The standard InChI is InChI=1S/C20H19FN2O3S2/c1-14-9-10-16(13-17(14)21)22-20(24)18(12-15-6-3-2-4-7-15)23-28(25,26)19-8-5-11-27-19/h2-11,13,18,23H,12H2,1H3,(H,22,24)/t18-/m1/s1. The molecule has 0 fully saturated rings. The van der Waals surface area contributed by atoms with E-state index < -0.39 is 27.8 Å². The van der Waals surface area contributed by atoms with E-state index in [1.807, 2.05) is 30.3 Å². The van der Waals surface area contributed by atoms with E-state index in [9.17, 15) is 17.6 Å². The van der Waals surface area contributed by atoms with Gasteiger partial charge in [-0.05, 0) is 48.1 Å². The minimum Gasteiger partial charge on any atom is -0.325 e. The first-order valence-electron chi connectivity index (χ1n) is 8.52. The molecule has 3 aromatic rings. The number of sulfonamides is 1. The summed E-state index contributed by atoms with van der Waals surface area (Å²) in [6.45, 7) is 1.62. The van der Waals surface area contributed by atoms with Crippen molar-refractivity contribution in [3.8, 4) is 0 Å². The third-order valence-corrected chi connectivity index (χ3v) is 6.97. The Hall–Kier alpha value is -2.55. The second kappa shape index (κ2) is 8.64. The molecule has 28 heavy (non-hydrogen) atoms. The Morgan fingerprint density at radius 3 is 2.50 bits per heavy atom. The molecule has 0 radical (unpaired) electrons. The highest BCUT2D eigenvalue weighted by atomic mass is 32.2. The normalized spacial score (nSPS) is 12.5. The van der Waals surface area contributed by atoms with Gasteiger partial charge in [0.1, 0.15) is 16.1 Å². The van der Waals surface area contributed by atoms with Gasteiger partial charge in [0, 0.05) is 5.69 Å². The molecule has 0 aliphatic carbocycles. The predicted molar refractivity (Wildman–Crippen MR) is 108 cm³/mol. The molecule has 1 heterocycles. The van der Waals surface area contributed by atoms with E-state index >= 15 is 0 Å². The molecule has 0 spiro atoms. The Bertz CT molecular complexity index is 1050. The lowest BCUT2D eigenvalue weighted by Gasteiger charge is -2.18. The van der Waals surface area contributed by atoms with E-state index in [2.05, 4.69) is 10.0 Å². The summed E-state index contributed by atoms with van der Waals surface area (Å²) in [7, 11) is -3.85. The number of carbonyl (C=O) groups is 1. The van der Waals surface area contributed by atoms with Crippen LogP contribution in [0.1, 0.15) is 11.1 Å². The summed E-state index contributed by atoms with van der Waals surface area (Å²) >= 11 is 1.07. The molecule has 0 saturated heterocycles. The minimum absolute atomic E-state index is 0.125. The summed E-state index contributed by atoms with van der Waals surface area (Å²) in [5, 5.41) is 4.24. The zero-order chi connectivity index (χ0) is 20.1. The summed E-state index contributed by atoms with van der Waals surface area (Å²) in [6.07, 6.45) is 0.158. The monoisotopic (exact) mass is 418 g/mol. The van der Waals surface area contributed by atoms with E-state index in [4.69, 9.17) is 0 Å². The molecule has 1 atom stereocenters. The van der Waals surface area contributed by atoms with Gasteiger partial charge in [0.2, 0.25) is 5.91 Å². The highest BCUT2D eigenvalue weighted by molar-refractivity contribution is 7.91. The zero-order valence-electron chi connectivity index (χ0n) is 15.1. The smallest absolute Gasteiger partial charge is 0.250 e. The van der Waals surface area contributed by atoms with Crippen molar-refractivity contribution in [1.82, 2.24) is 4.72 Å². The van der Waals surface area contributed by atoms with E-state index in [0.29, 0.717) is 5.56 Å². The van der Waals surface area contributed by atoms with Crippen LogP contribution in [-0.4, -0.2) is 20.4 Å². The highest BCUT2D eigenvalue weighted by Gasteiger charge is 2.27. The Kier molecular flexibility index (Phi) is 6.23. The van der Waals surface area contributed by atoms with Crippen molar-refractivity contribution in [2.24, 2.45) is 0 Å². The number of halogens is 1. The number of carbonyl (C=O) groups excluding carboxylic acids is 1. The number of thiophene rings is 1. The molecular weight excluding hydrogens is 399 g/mol. The van der Waals surface area contributed by atoms with Crippen molar-refractivity contribution in [1.29, 1.82) is 0 Å². The van der Waals surface area contributed by atoms with Gasteiger partial charge in [-0.25, -0.2) is 12.8 Å². The maximum Gasteiger partial charge on any atom is 0.250 e. The van der Waals surface area contributed by atoms with Crippen molar-refractivity contribution in [2.45, 2.75) is 23.6 Å². The number of nitrogens with one attached hydrogen (secondary N) is 2. The largest absolute Gasteiger partial charge is 0.325 e. The molecule has 0 aliphatic heterocycles. The van der Waals surface area contributed by atoms with Crippen LogP contribution in [0.4, 0.5) is 10.1 Å². The van der Waals surface area contributed by atoms with Crippen LogP contribution in [0.2, 0.25) is 0 Å². The molecule has 1 amide bonds. The van der Waals surface area contributed by atoms with Gasteiger partial charge in [0.05, 0.1) is 0 Å². The van der Waals surface area contributed by atoms with Crippen LogP contribution in [0.15, 0.2) is 70.3 Å². The number of hydrogen-bond acceptors (Lipinski definition) is 4. The summed E-state index contributed by atoms with van der Waals surface area (Å²) < 4.78 is 41.6. The number of anilines is 1.